The van der Waals surface area contributed by atoms with Crippen molar-refractivity contribution in [2.75, 3.05) is 6.54 Å². The molecule has 6 heteroatoms. The van der Waals surface area contributed by atoms with Crippen molar-refractivity contribution in [1.82, 2.24) is 5.32 Å². The lowest BCUT2D eigenvalue weighted by Gasteiger charge is -2.05. The van der Waals surface area contributed by atoms with E-state index in [0.717, 1.165) is 3.57 Å². The SMILES string of the molecule is O=C(O)CCNC(=O)c1cc(Cl)ccc1I. The first-order valence-electron chi connectivity index (χ1n) is 4.45. The second kappa shape index (κ2) is 6.05. The molecule has 86 valence electrons. The van der Waals surface area contributed by atoms with Crippen LogP contribution in [0.15, 0.2) is 18.2 Å². The lowest BCUT2D eigenvalue weighted by molar-refractivity contribution is -0.136. The largest absolute Gasteiger partial charge is 0.481 e. The molecule has 0 aliphatic rings. The highest BCUT2D eigenvalue weighted by Gasteiger charge is 2.10. The standard InChI is InChI=1S/C10H9ClINO3/c11-6-1-2-8(12)7(5-6)10(16)13-4-3-9(14)15/h1-2,5H,3-4H2,(H,13,16)(H,14,15). The highest BCUT2D eigenvalue weighted by Crippen LogP contribution is 2.17. The third-order valence-electron chi connectivity index (χ3n) is 1.80. The highest BCUT2D eigenvalue weighted by atomic mass is 127. The molecule has 1 aromatic carbocycles. The Bertz CT molecular complexity index is 423. The van der Waals surface area contributed by atoms with E-state index in [0.29, 0.717) is 10.6 Å². The second-order valence-corrected chi connectivity index (χ2v) is 4.62. The summed E-state index contributed by atoms with van der Waals surface area (Å²) >= 11 is 7.79. The van der Waals surface area contributed by atoms with Crippen LogP contribution in [0.4, 0.5) is 0 Å². The molecule has 0 saturated heterocycles. The van der Waals surface area contributed by atoms with E-state index >= 15 is 0 Å². The van der Waals surface area contributed by atoms with Gasteiger partial charge >= 0.3 is 5.97 Å². The first-order valence-corrected chi connectivity index (χ1v) is 5.91. The van der Waals surface area contributed by atoms with Crippen molar-refractivity contribution in [1.29, 1.82) is 0 Å². The monoisotopic (exact) mass is 353 g/mol. The molecule has 0 atom stereocenters. The van der Waals surface area contributed by atoms with Gasteiger partial charge in [-0.15, -0.1) is 0 Å². The molecule has 0 spiro atoms. The second-order valence-electron chi connectivity index (χ2n) is 3.02. The maximum atomic E-state index is 11.6. The number of carbonyl (C=O) groups excluding carboxylic acids is 1. The summed E-state index contributed by atoms with van der Waals surface area (Å²) in [4.78, 5) is 21.9. The van der Waals surface area contributed by atoms with Gasteiger partial charge < -0.3 is 10.4 Å². The molecule has 2 N–H and O–H groups in total. The molecule has 1 aromatic rings. The van der Waals surface area contributed by atoms with Gasteiger partial charge in [0, 0.05) is 15.1 Å². The molecule has 4 nitrogen and oxygen atoms in total. The zero-order valence-electron chi connectivity index (χ0n) is 8.17. The van der Waals surface area contributed by atoms with E-state index in [2.05, 4.69) is 5.32 Å². The van der Waals surface area contributed by atoms with E-state index in [1.807, 2.05) is 22.6 Å². The van der Waals surface area contributed by atoms with E-state index < -0.39 is 5.97 Å². The molecular weight excluding hydrogens is 344 g/mol. The van der Waals surface area contributed by atoms with Crippen LogP contribution in [-0.4, -0.2) is 23.5 Å². The Hall–Kier alpha value is -0.820. The molecule has 0 aromatic heterocycles. The Morgan fingerprint density at radius 2 is 2.12 bits per heavy atom. The molecule has 0 heterocycles. The number of benzene rings is 1. The van der Waals surface area contributed by atoms with Gasteiger partial charge in [0.25, 0.3) is 5.91 Å². The summed E-state index contributed by atoms with van der Waals surface area (Å²) in [6.45, 7) is 0.108. The Morgan fingerprint density at radius 1 is 1.44 bits per heavy atom. The van der Waals surface area contributed by atoms with Crippen LogP contribution in [0.5, 0.6) is 0 Å². The summed E-state index contributed by atoms with van der Waals surface area (Å²) in [5, 5.41) is 11.4. The normalized spacial score (nSPS) is 9.88. The number of hydrogen-bond acceptors (Lipinski definition) is 2. The Balaban J connectivity index is 2.65. The number of nitrogens with one attached hydrogen (secondary N) is 1. The fraction of sp³-hybridized carbons (Fsp3) is 0.200. The first kappa shape index (κ1) is 13.2. The lowest BCUT2D eigenvalue weighted by Crippen LogP contribution is -2.26. The minimum absolute atomic E-state index is 0.0944. The number of carboxylic acid groups (broad SMARTS) is 1. The Morgan fingerprint density at radius 3 is 2.75 bits per heavy atom. The summed E-state index contributed by atoms with van der Waals surface area (Å²) in [6, 6.07) is 4.98. The van der Waals surface area contributed by atoms with Gasteiger partial charge in [-0.2, -0.15) is 0 Å². The lowest BCUT2D eigenvalue weighted by atomic mass is 10.2. The van der Waals surface area contributed by atoms with Gasteiger partial charge in [0.1, 0.15) is 0 Å². The van der Waals surface area contributed by atoms with Crippen LogP contribution in [0.25, 0.3) is 0 Å². The van der Waals surface area contributed by atoms with Crippen molar-refractivity contribution in [3.63, 3.8) is 0 Å². The summed E-state index contributed by atoms with van der Waals surface area (Å²) in [6.07, 6.45) is -0.0944. The maximum Gasteiger partial charge on any atom is 0.305 e. The molecule has 1 amide bonds. The predicted octanol–water partition coefficient (Wildman–Crippen LogP) is 2.15. The molecular formula is C10H9ClINO3. The highest BCUT2D eigenvalue weighted by molar-refractivity contribution is 14.1. The number of carboxylic acids is 1. The molecule has 0 radical (unpaired) electrons. The first-order chi connectivity index (χ1) is 7.50. The van der Waals surface area contributed by atoms with Crippen molar-refractivity contribution in [3.05, 3.63) is 32.4 Å². The molecule has 0 bridgehead atoms. The minimum atomic E-state index is -0.943. The number of halogens is 2. The van der Waals surface area contributed by atoms with Crippen LogP contribution in [0.3, 0.4) is 0 Å². The Kier molecular flexibility index (Phi) is 5.01. The fourth-order valence-corrected chi connectivity index (χ4v) is 1.80. The van der Waals surface area contributed by atoms with Crippen molar-refractivity contribution in [3.8, 4) is 0 Å². The van der Waals surface area contributed by atoms with E-state index in [-0.39, 0.29) is 18.9 Å². The third-order valence-corrected chi connectivity index (χ3v) is 2.97. The smallest absolute Gasteiger partial charge is 0.305 e. The molecule has 0 aliphatic carbocycles. The van der Waals surface area contributed by atoms with Gasteiger partial charge in [-0.05, 0) is 40.8 Å². The van der Waals surface area contributed by atoms with E-state index in [1.165, 1.54) is 0 Å². The third kappa shape index (κ3) is 3.97. The van der Waals surface area contributed by atoms with Crippen molar-refractivity contribution in [2.45, 2.75) is 6.42 Å². The van der Waals surface area contributed by atoms with E-state index in [9.17, 15) is 9.59 Å². The van der Waals surface area contributed by atoms with Gasteiger partial charge in [0.15, 0.2) is 0 Å². The van der Waals surface area contributed by atoms with Crippen LogP contribution in [-0.2, 0) is 4.79 Å². The van der Waals surface area contributed by atoms with E-state index in [4.69, 9.17) is 16.7 Å². The average Bonchev–Trinajstić information content (AvgIpc) is 2.21. The summed E-state index contributed by atoms with van der Waals surface area (Å²) in [7, 11) is 0. The summed E-state index contributed by atoms with van der Waals surface area (Å²) < 4.78 is 0.773. The fourth-order valence-electron chi connectivity index (χ4n) is 1.05. The minimum Gasteiger partial charge on any atom is -0.481 e. The van der Waals surface area contributed by atoms with Crippen molar-refractivity contribution < 1.29 is 14.7 Å². The van der Waals surface area contributed by atoms with Crippen molar-refractivity contribution in [2.24, 2.45) is 0 Å². The van der Waals surface area contributed by atoms with Gasteiger partial charge in [-0.25, -0.2) is 0 Å². The molecule has 0 aliphatic heterocycles. The zero-order chi connectivity index (χ0) is 12.1. The predicted molar refractivity (Wildman–Crippen MR) is 68.8 cm³/mol. The van der Waals surface area contributed by atoms with Crippen LogP contribution in [0.2, 0.25) is 5.02 Å². The van der Waals surface area contributed by atoms with Gasteiger partial charge in [-0.3, -0.25) is 9.59 Å². The van der Waals surface area contributed by atoms with Gasteiger partial charge in [-0.1, -0.05) is 11.6 Å². The molecule has 0 unspecified atom stereocenters. The van der Waals surface area contributed by atoms with Crippen LogP contribution in [0.1, 0.15) is 16.8 Å². The number of amides is 1. The number of hydrogen-bond donors (Lipinski definition) is 2. The van der Waals surface area contributed by atoms with E-state index in [1.54, 1.807) is 18.2 Å². The number of rotatable bonds is 4. The molecule has 0 saturated carbocycles. The summed E-state index contributed by atoms with van der Waals surface area (Å²) in [5.41, 5.74) is 0.457. The van der Waals surface area contributed by atoms with Gasteiger partial charge in [0.2, 0.25) is 0 Å². The van der Waals surface area contributed by atoms with Crippen LogP contribution < -0.4 is 5.32 Å². The Labute approximate surface area is 111 Å². The van der Waals surface area contributed by atoms with Crippen molar-refractivity contribution >= 4 is 46.1 Å². The quantitative estimate of drug-likeness (QED) is 0.815. The van der Waals surface area contributed by atoms with Crippen LogP contribution in [0, 0.1) is 3.57 Å². The number of carbonyl (C=O) groups is 2. The maximum absolute atomic E-state index is 11.6. The summed E-state index contributed by atoms with van der Waals surface area (Å²) in [5.74, 6) is -1.26. The van der Waals surface area contributed by atoms with Gasteiger partial charge in [0.05, 0.1) is 12.0 Å². The molecule has 0 fully saturated rings. The topological polar surface area (TPSA) is 66.4 Å². The number of aliphatic carboxylic acids is 1. The zero-order valence-corrected chi connectivity index (χ0v) is 11.1. The average molecular weight is 354 g/mol. The molecule has 16 heavy (non-hydrogen) atoms. The van der Waals surface area contributed by atoms with Crippen LogP contribution >= 0.6 is 34.2 Å². The molecule has 1 rings (SSSR count).